The number of benzene rings is 1. The van der Waals surface area contributed by atoms with E-state index in [9.17, 15) is 0 Å². The maximum absolute atomic E-state index is 6.19. The first kappa shape index (κ1) is 12.9. The zero-order chi connectivity index (χ0) is 14.2. The second-order valence-electron chi connectivity index (χ2n) is 6.24. The monoisotopic (exact) mass is 282 g/mol. The smallest absolute Gasteiger partial charge is 0.0743 e. The lowest BCUT2D eigenvalue weighted by Gasteiger charge is -2.33. The fraction of sp³-hybridized carbons (Fsp3) is 0.471. The predicted molar refractivity (Wildman–Crippen MR) is 87.4 cm³/mol. The van der Waals surface area contributed by atoms with E-state index < -0.39 is 0 Å². The van der Waals surface area contributed by atoms with E-state index in [-0.39, 0.29) is 0 Å². The van der Waals surface area contributed by atoms with Crippen molar-refractivity contribution in [3.63, 3.8) is 0 Å². The second-order valence-corrected chi connectivity index (χ2v) is 6.24. The molecular weight excluding hydrogens is 260 g/mol. The topological polar surface area (TPSA) is 54.2 Å². The van der Waals surface area contributed by atoms with Crippen molar-refractivity contribution in [3.05, 3.63) is 30.5 Å². The Hall–Kier alpha value is -1.81. The summed E-state index contributed by atoms with van der Waals surface area (Å²) in [6, 6.07) is 9.41. The van der Waals surface area contributed by atoms with Gasteiger partial charge in [0.25, 0.3) is 0 Å². The van der Waals surface area contributed by atoms with Gasteiger partial charge < -0.3 is 11.1 Å². The maximum Gasteiger partial charge on any atom is 0.0743 e. The van der Waals surface area contributed by atoms with Crippen LogP contribution in [0.5, 0.6) is 0 Å². The van der Waals surface area contributed by atoms with Gasteiger partial charge in [-0.1, -0.05) is 24.6 Å². The summed E-state index contributed by atoms with van der Waals surface area (Å²) in [5.74, 6) is 0. The number of fused-ring (bicyclic) bond motifs is 2. The largest absolute Gasteiger partial charge is 0.396 e. The van der Waals surface area contributed by atoms with Crippen molar-refractivity contribution in [2.24, 2.45) is 0 Å². The van der Waals surface area contributed by atoms with E-state index in [0.29, 0.717) is 12.1 Å². The first-order valence-corrected chi connectivity index (χ1v) is 7.97. The van der Waals surface area contributed by atoms with Crippen molar-refractivity contribution < 1.29 is 0 Å². The quantitative estimate of drug-likeness (QED) is 0.889. The Labute approximate surface area is 125 Å². The molecule has 0 amide bonds. The van der Waals surface area contributed by atoms with Crippen LogP contribution in [0, 0.1) is 0 Å². The van der Waals surface area contributed by atoms with E-state index in [4.69, 9.17) is 5.73 Å². The molecule has 4 rings (SSSR count). The molecule has 1 aromatic carbocycles. The molecule has 2 aromatic rings. The van der Waals surface area contributed by atoms with E-state index in [1.807, 2.05) is 12.1 Å². The third-order valence-corrected chi connectivity index (χ3v) is 4.99. The molecule has 2 aliphatic heterocycles. The van der Waals surface area contributed by atoms with Gasteiger partial charge in [-0.2, -0.15) is 0 Å². The van der Waals surface area contributed by atoms with Gasteiger partial charge in [0.15, 0.2) is 0 Å². The Kier molecular flexibility index (Phi) is 3.19. The number of aromatic nitrogens is 1. The molecule has 21 heavy (non-hydrogen) atoms. The SMILES string of the molecule is Nc1cnc2ccccc2c1NC1CCN2CCCCC12. The number of anilines is 2. The number of rotatable bonds is 2. The van der Waals surface area contributed by atoms with Gasteiger partial charge in [-0.3, -0.25) is 9.88 Å². The number of nitrogens with zero attached hydrogens (tertiary/aromatic N) is 2. The summed E-state index contributed by atoms with van der Waals surface area (Å²) >= 11 is 0. The number of piperidine rings is 1. The van der Waals surface area contributed by atoms with Crippen LogP contribution >= 0.6 is 0 Å². The van der Waals surface area contributed by atoms with E-state index in [0.717, 1.165) is 22.3 Å². The third kappa shape index (κ3) is 2.23. The molecule has 110 valence electrons. The highest BCUT2D eigenvalue weighted by Gasteiger charge is 2.35. The van der Waals surface area contributed by atoms with Crippen molar-refractivity contribution >= 4 is 22.3 Å². The Morgan fingerprint density at radius 2 is 2.05 bits per heavy atom. The molecule has 4 heteroatoms. The Balaban J connectivity index is 1.66. The van der Waals surface area contributed by atoms with Crippen LogP contribution in [-0.2, 0) is 0 Å². The molecule has 2 aliphatic rings. The molecular formula is C17H22N4. The molecule has 0 bridgehead atoms. The number of nitrogens with one attached hydrogen (secondary N) is 1. The van der Waals surface area contributed by atoms with Crippen molar-refractivity contribution in [2.75, 3.05) is 24.1 Å². The zero-order valence-corrected chi connectivity index (χ0v) is 12.3. The molecule has 0 spiro atoms. The van der Waals surface area contributed by atoms with Crippen LogP contribution in [0.4, 0.5) is 11.4 Å². The van der Waals surface area contributed by atoms with Gasteiger partial charge in [-0.05, 0) is 31.9 Å². The molecule has 0 radical (unpaired) electrons. The lowest BCUT2D eigenvalue weighted by Crippen LogP contribution is -2.41. The first-order valence-electron chi connectivity index (χ1n) is 7.97. The van der Waals surface area contributed by atoms with E-state index in [2.05, 4.69) is 27.3 Å². The number of pyridine rings is 1. The molecule has 3 heterocycles. The molecule has 3 N–H and O–H groups in total. The van der Waals surface area contributed by atoms with Crippen molar-refractivity contribution in [1.29, 1.82) is 0 Å². The molecule has 0 saturated carbocycles. The minimum absolute atomic E-state index is 0.512. The van der Waals surface area contributed by atoms with Gasteiger partial charge in [0.2, 0.25) is 0 Å². The van der Waals surface area contributed by atoms with Gasteiger partial charge in [0, 0.05) is 24.0 Å². The number of para-hydroxylation sites is 1. The standard InChI is InChI=1S/C17H22N4/c18-13-11-19-14-6-2-1-5-12(14)17(13)20-15-8-10-21-9-4-3-7-16(15)21/h1-2,5-6,11,15-16H,3-4,7-10,18H2,(H,19,20). The lowest BCUT2D eigenvalue weighted by atomic mass is 9.98. The van der Waals surface area contributed by atoms with Gasteiger partial charge in [0.05, 0.1) is 23.1 Å². The molecule has 0 aliphatic carbocycles. The van der Waals surface area contributed by atoms with Crippen LogP contribution in [0.3, 0.4) is 0 Å². The average Bonchev–Trinajstić information content (AvgIpc) is 2.93. The van der Waals surface area contributed by atoms with Gasteiger partial charge in [-0.15, -0.1) is 0 Å². The third-order valence-electron chi connectivity index (χ3n) is 4.99. The molecule has 2 fully saturated rings. The normalized spacial score (nSPS) is 25.9. The van der Waals surface area contributed by atoms with Crippen molar-refractivity contribution in [3.8, 4) is 0 Å². The first-order chi connectivity index (χ1) is 10.3. The van der Waals surface area contributed by atoms with E-state index in [1.54, 1.807) is 6.20 Å². The fourth-order valence-electron chi connectivity index (χ4n) is 3.92. The summed E-state index contributed by atoms with van der Waals surface area (Å²) in [4.78, 5) is 7.06. The summed E-state index contributed by atoms with van der Waals surface area (Å²) < 4.78 is 0. The molecule has 2 atom stereocenters. The minimum Gasteiger partial charge on any atom is -0.396 e. The number of nitrogens with two attached hydrogens (primary N) is 1. The highest BCUT2D eigenvalue weighted by atomic mass is 15.2. The van der Waals surface area contributed by atoms with Crippen LogP contribution in [0.2, 0.25) is 0 Å². The van der Waals surface area contributed by atoms with Gasteiger partial charge in [0.1, 0.15) is 0 Å². The van der Waals surface area contributed by atoms with Crippen LogP contribution in [0.1, 0.15) is 25.7 Å². The molecule has 1 aromatic heterocycles. The van der Waals surface area contributed by atoms with E-state index in [1.165, 1.54) is 38.8 Å². The van der Waals surface area contributed by atoms with E-state index >= 15 is 0 Å². The Bertz CT molecular complexity index is 654. The summed E-state index contributed by atoms with van der Waals surface area (Å²) in [7, 11) is 0. The van der Waals surface area contributed by atoms with Crippen molar-refractivity contribution in [2.45, 2.75) is 37.8 Å². The van der Waals surface area contributed by atoms with Gasteiger partial charge >= 0.3 is 0 Å². The summed E-state index contributed by atoms with van der Waals surface area (Å²) in [6.07, 6.45) is 7.00. The number of nitrogen functional groups attached to an aromatic ring is 1. The predicted octanol–water partition coefficient (Wildman–Crippen LogP) is 2.86. The second kappa shape index (κ2) is 5.19. The summed E-state index contributed by atoms with van der Waals surface area (Å²) in [5, 5.41) is 4.88. The number of hydrogen-bond acceptors (Lipinski definition) is 4. The Morgan fingerprint density at radius 3 is 3.00 bits per heavy atom. The zero-order valence-electron chi connectivity index (χ0n) is 12.3. The fourth-order valence-corrected chi connectivity index (χ4v) is 3.92. The highest BCUT2D eigenvalue weighted by molar-refractivity contribution is 5.97. The van der Waals surface area contributed by atoms with Crippen LogP contribution in [0.25, 0.3) is 10.9 Å². The van der Waals surface area contributed by atoms with Crippen LogP contribution in [-0.4, -0.2) is 35.1 Å². The lowest BCUT2D eigenvalue weighted by molar-refractivity contribution is 0.193. The molecule has 2 unspecified atom stereocenters. The van der Waals surface area contributed by atoms with Crippen LogP contribution in [0.15, 0.2) is 30.5 Å². The minimum atomic E-state index is 0.512. The summed E-state index contributed by atoms with van der Waals surface area (Å²) in [5.41, 5.74) is 9.02. The molecule has 2 saturated heterocycles. The Morgan fingerprint density at radius 1 is 1.14 bits per heavy atom. The number of hydrogen-bond donors (Lipinski definition) is 2. The van der Waals surface area contributed by atoms with Crippen LogP contribution < -0.4 is 11.1 Å². The highest BCUT2D eigenvalue weighted by Crippen LogP contribution is 2.33. The van der Waals surface area contributed by atoms with Gasteiger partial charge in [-0.25, -0.2) is 0 Å². The average molecular weight is 282 g/mol. The van der Waals surface area contributed by atoms with Crippen molar-refractivity contribution in [1.82, 2.24) is 9.88 Å². The maximum atomic E-state index is 6.19. The molecule has 4 nitrogen and oxygen atoms in total. The summed E-state index contributed by atoms with van der Waals surface area (Å²) in [6.45, 7) is 2.47.